The van der Waals surface area contributed by atoms with Crippen molar-refractivity contribution < 1.29 is 9.59 Å². The Morgan fingerprint density at radius 3 is 2.14 bits per heavy atom. The van der Waals surface area contributed by atoms with Gasteiger partial charge in [0, 0.05) is 13.5 Å². The summed E-state index contributed by atoms with van der Waals surface area (Å²) in [5.74, 6) is 0.792. The molecule has 0 spiro atoms. The highest BCUT2D eigenvalue weighted by molar-refractivity contribution is 8.00. The lowest BCUT2D eigenvalue weighted by molar-refractivity contribution is -0.136. The molecule has 2 amide bonds. The molecule has 0 radical (unpaired) electrons. The Morgan fingerprint density at radius 2 is 1.86 bits per heavy atom. The fourth-order valence-corrected chi connectivity index (χ4v) is 2.02. The second-order valence-electron chi connectivity index (χ2n) is 3.15. The highest BCUT2D eigenvalue weighted by Gasteiger charge is 2.35. The molecule has 1 rings (SSSR count). The van der Waals surface area contributed by atoms with Crippen LogP contribution in [0.25, 0.3) is 0 Å². The van der Waals surface area contributed by atoms with Gasteiger partial charge in [0.25, 0.3) is 0 Å². The minimum absolute atomic E-state index is 0.0400. The van der Waals surface area contributed by atoms with E-state index in [4.69, 9.17) is 0 Å². The van der Waals surface area contributed by atoms with Gasteiger partial charge in [0.05, 0.1) is 5.25 Å². The largest absolute Gasteiger partial charge is 0.285 e. The summed E-state index contributed by atoms with van der Waals surface area (Å²) in [6.07, 6.45) is 1.63. The monoisotopic (exact) mass is 217 g/mol. The SMILES string of the molecule is CCC.CCSC1CC(=O)N(C)C1=O. The molecule has 1 aliphatic rings. The molecule has 3 nitrogen and oxygen atoms in total. The smallest absolute Gasteiger partial charge is 0.242 e. The van der Waals surface area contributed by atoms with E-state index in [0.717, 1.165) is 5.75 Å². The van der Waals surface area contributed by atoms with Crippen LogP contribution in [0.15, 0.2) is 0 Å². The maximum atomic E-state index is 11.2. The topological polar surface area (TPSA) is 37.4 Å². The molecule has 1 fully saturated rings. The number of amides is 2. The van der Waals surface area contributed by atoms with E-state index in [1.54, 1.807) is 18.8 Å². The lowest BCUT2D eigenvalue weighted by Gasteiger charge is -2.06. The van der Waals surface area contributed by atoms with Gasteiger partial charge >= 0.3 is 0 Å². The summed E-state index contributed by atoms with van der Waals surface area (Å²) < 4.78 is 0. The summed E-state index contributed by atoms with van der Waals surface area (Å²) in [4.78, 5) is 23.4. The molecule has 0 aliphatic carbocycles. The average Bonchev–Trinajstić information content (AvgIpc) is 2.36. The molecule has 1 saturated heterocycles. The molecule has 1 unspecified atom stereocenters. The van der Waals surface area contributed by atoms with Crippen LogP contribution in [-0.4, -0.2) is 34.8 Å². The summed E-state index contributed by atoms with van der Waals surface area (Å²) in [6, 6.07) is 0. The molecule has 1 heterocycles. The van der Waals surface area contributed by atoms with Gasteiger partial charge in [0.1, 0.15) is 0 Å². The number of hydrogen-bond donors (Lipinski definition) is 0. The number of likely N-dealkylation sites (tertiary alicyclic amines) is 1. The second-order valence-corrected chi connectivity index (χ2v) is 4.63. The first kappa shape index (κ1) is 13.5. The lowest BCUT2D eigenvalue weighted by atomic mass is 10.4. The minimum atomic E-state index is -0.113. The maximum Gasteiger partial charge on any atom is 0.242 e. The number of rotatable bonds is 2. The van der Waals surface area contributed by atoms with Crippen molar-refractivity contribution in [1.29, 1.82) is 0 Å². The Hall–Kier alpha value is -0.510. The van der Waals surface area contributed by atoms with E-state index in [1.807, 2.05) is 6.92 Å². The minimum Gasteiger partial charge on any atom is -0.285 e. The van der Waals surface area contributed by atoms with E-state index in [0.29, 0.717) is 6.42 Å². The molecule has 0 aromatic carbocycles. The first-order valence-electron chi connectivity index (χ1n) is 5.00. The van der Waals surface area contributed by atoms with Crippen LogP contribution in [-0.2, 0) is 9.59 Å². The van der Waals surface area contributed by atoms with E-state index >= 15 is 0 Å². The van der Waals surface area contributed by atoms with Crippen LogP contribution >= 0.6 is 11.8 Å². The highest BCUT2D eigenvalue weighted by atomic mass is 32.2. The zero-order chi connectivity index (χ0) is 11.1. The molecule has 0 bridgehead atoms. The van der Waals surface area contributed by atoms with Crippen molar-refractivity contribution in [2.24, 2.45) is 0 Å². The van der Waals surface area contributed by atoms with Crippen molar-refractivity contribution in [2.45, 2.75) is 38.9 Å². The van der Waals surface area contributed by atoms with Crippen molar-refractivity contribution in [3.8, 4) is 0 Å². The van der Waals surface area contributed by atoms with Gasteiger partial charge in [0.2, 0.25) is 11.8 Å². The summed E-state index contributed by atoms with van der Waals surface area (Å²) in [6.45, 7) is 6.24. The summed E-state index contributed by atoms with van der Waals surface area (Å²) in [5.41, 5.74) is 0. The predicted octanol–water partition coefficient (Wildman–Crippen LogP) is 1.91. The van der Waals surface area contributed by atoms with E-state index in [1.165, 1.54) is 11.3 Å². The Kier molecular flexibility index (Phi) is 6.62. The molecule has 0 aromatic heterocycles. The molecule has 82 valence electrons. The van der Waals surface area contributed by atoms with Crippen LogP contribution in [0.2, 0.25) is 0 Å². The van der Waals surface area contributed by atoms with Crippen molar-refractivity contribution in [3.63, 3.8) is 0 Å². The second kappa shape index (κ2) is 6.87. The molecular weight excluding hydrogens is 198 g/mol. The van der Waals surface area contributed by atoms with Gasteiger partial charge in [0.15, 0.2) is 0 Å². The third-order valence-corrected chi connectivity index (χ3v) is 2.81. The van der Waals surface area contributed by atoms with Crippen LogP contribution in [0.3, 0.4) is 0 Å². The van der Waals surface area contributed by atoms with Crippen LogP contribution in [0.4, 0.5) is 0 Å². The number of carbonyl (C=O) groups excluding carboxylic acids is 2. The van der Waals surface area contributed by atoms with Crippen molar-refractivity contribution in [1.82, 2.24) is 4.90 Å². The number of thioether (sulfide) groups is 1. The van der Waals surface area contributed by atoms with Crippen LogP contribution in [0.5, 0.6) is 0 Å². The quantitative estimate of drug-likeness (QED) is 0.663. The summed E-state index contributed by atoms with van der Waals surface area (Å²) in [5, 5.41) is -0.113. The van der Waals surface area contributed by atoms with Crippen molar-refractivity contribution >= 4 is 23.6 Å². The zero-order valence-electron chi connectivity index (χ0n) is 9.37. The Balaban J connectivity index is 0.000000500. The van der Waals surface area contributed by atoms with Gasteiger partial charge < -0.3 is 0 Å². The predicted molar refractivity (Wildman–Crippen MR) is 60.3 cm³/mol. The maximum absolute atomic E-state index is 11.2. The molecule has 14 heavy (non-hydrogen) atoms. The molecule has 1 atom stereocenters. The number of carbonyl (C=O) groups is 2. The normalized spacial score (nSPS) is 20.9. The molecule has 0 saturated carbocycles. The summed E-state index contributed by atoms with van der Waals surface area (Å²) >= 11 is 1.54. The number of nitrogens with zero attached hydrogens (tertiary/aromatic N) is 1. The third-order valence-electron chi connectivity index (χ3n) is 1.71. The van der Waals surface area contributed by atoms with E-state index in [2.05, 4.69) is 13.8 Å². The Labute approximate surface area is 90.2 Å². The van der Waals surface area contributed by atoms with Gasteiger partial charge in [-0.2, -0.15) is 0 Å². The van der Waals surface area contributed by atoms with Crippen LogP contribution < -0.4 is 0 Å². The molecule has 4 heteroatoms. The average molecular weight is 217 g/mol. The van der Waals surface area contributed by atoms with Crippen LogP contribution in [0, 0.1) is 0 Å². The molecule has 1 aliphatic heterocycles. The number of hydrogen-bond acceptors (Lipinski definition) is 3. The van der Waals surface area contributed by atoms with E-state index in [9.17, 15) is 9.59 Å². The molecular formula is C10H19NO2S. The van der Waals surface area contributed by atoms with E-state index in [-0.39, 0.29) is 17.1 Å². The zero-order valence-corrected chi connectivity index (χ0v) is 10.2. The first-order chi connectivity index (χ1) is 6.58. The third kappa shape index (κ3) is 3.70. The van der Waals surface area contributed by atoms with E-state index < -0.39 is 0 Å². The Bertz CT molecular complexity index is 206. The van der Waals surface area contributed by atoms with Crippen molar-refractivity contribution in [2.75, 3.05) is 12.8 Å². The van der Waals surface area contributed by atoms with Gasteiger partial charge in [-0.1, -0.05) is 27.2 Å². The van der Waals surface area contributed by atoms with Gasteiger partial charge in [-0.15, -0.1) is 11.8 Å². The number of imide groups is 1. The Morgan fingerprint density at radius 1 is 1.36 bits per heavy atom. The standard InChI is InChI=1S/C7H11NO2S.C3H8/c1-3-11-5-4-6(9)8(2)7(5)10;1-3-2/h5H,3-4H2,1-2H3;3H2,1-2H3. The fourth-order valence-electron chi connectivity index (χ4n) is 1.05. The summed E-state index contributed by atoms with van der Waals surface area (Å²) in [7, 11) is 1.54. The highest BCUT2D eigenvalue weighted by Crippen LogP contribution is 2.23. The lowest BCUT2D eigenvalue weighted by Crippen LogP contribution is -2.26. The molecule has 0 N–H and O–H groups in total. The van der Waals surface area contributed by atoms with Gasteiger partial charge in [-0.25, -0.2) is 0 Å². The van der Waals surface area contributed by atoms with Crippen LogP contribution in [0.1, 0.15) is 33.6 Å². The fraction of sp³-hybridized carbons (Fsp3) is 0.800. The van der Waals surface area contributed by atoms with Gasteiger partial charge in [-0.3, -0.25) is 14.5 Å². The van der Waals surface area contributed by atoms with Crippen molar-refractivity contribution in [3.05, 3.63) is 0 Å². The first-order valence-corrected chi connectivity index (χ1v) is 6.05. The molecule has 0 aromatic rings. The van der Waals surface area contributed by atoms with Gasteiger partial charge in [-0.05, 0) is 5.75 Å².